The Morgan fingerprint density at radius 2 is 1.75 bits per heavy atom. The summed E-state index contributed by atoms with van der Waals surface area (Å²) in [6.45, 7) is 0.367. The third-order valence-corrected chi connectivity index (χ3v) is 5.90. The molecule has 1 saturated carbocycles. The molecule has 3 rings (SSSR count). The van der Waals surface area contributed by atoms with Crippen molar-refractivity contribution >= 4 is 40.5 Å². The average Bonchev–Trinajstić information content (AvgIpc) is 2.71. The van der Waals surface area contributed by atoms with E-state index in [1.54, 1.807) is 18.2 Å². The third-order valence-electron chi connectivity index (χ3n) is 5.27. The van der Waals surface area contributed by atoms with Crippen LogP contribution in [0.15, 0.2) is 42.5 Å². The van der Waals surface area contributed by atoms with E-state index in [1.807, 2.05) is 24.3 Å². The van der Waals surface area contributed by atoms with E-state index in [0.29, 0.717) is 28.2 Å². The smallest absolute Gasteiger partial charge is 0.310 e. The van der Waals surface area contributed by atoms with Crippen LogP contribution in [0.2, 0.25) is 10.0 Å². The van der Waals surface area contributed by atoms with E-state index in [4.69, 9.17) is 33.7 Å². The van der Waals surface area contributed by atoms with Crippen LogP contribution in [0.5, 0.6) is 0 Å². The Morgan fingerprint density at radius 1 is 1.07 bits per heavy atom. The van der Waals surface area contributed by atoms with Crippen LogP contribution < -0.4 is 11.1 Å². The van der Waals surface area contributed by atoms with Gasteiger partial charge in [-0.05, 0) is 42.5 Å². The number of para-hydroxylation sites is 2. The SMILES string of the molecule is NCC(OC(=O)Cc1ccccc1Nc1c(Cl)cccc1Cl)C1CCCCC1. The van der Waals surface area contributed by atoms with Gasteiger partial charge in [-0.15, -0.1) is 0 Å². The maximum Gasteiger partial charge on any atom is 0.310 e. The maximum atomic E-state index is 12.6. The Bertz CT molecular complexity index is 787. The van der Waals surface area contributed by atoms with Crippen molar-refractivity contribution in [1.29, 1.82) is 0 Å². The molecule has 1 fully saturated rings. The van der Waals surface area contributed by atoms with Gasteiger partial charge in [-0.25, -0.2) is 0 Å². The summed E-state index contributed by atoms with van der Waals surface area (Å²) in [5.74, 6) is 0.110. The van der Waals surface area contributed by atoms with Crippen LogP contribution in [0.3, 0.4) is 0 Å². The lowest BCUT2D eigenvalue weighted by Gasteiger charge is -2.29. The van der Waals surface area contributed by atoms with Crippen molar-refractivity contribution in [1.82, 2.24) is 0 Å². The zero-order valence-corrected chi connectivity index (χ0v) is 17.3. The molecule has 28 heavy (non-hydrogen) atoms. The van der Waals surface area contributed by atoms with Gasteiger partial charge in [-0.1, -0.05) is 66.7 Å². The number of anilines is 2. The summed E-state index contributed by atoms with van der Waals surface area (Å²) < 4.78 is 5.75. The molecule has 0 spiro atoms. The van der Waals surface area contributed by atoms with Crippen molar-refractivity contribution in [3.63, 3.8) is 0 Å². The van der Waals surface area contributed by atoms with E-state index in [0.717, 1.165) is 24.1 Å². The molecule has 1 aliphatic carbocycles. The van der Waals surface area contributed by atoms with E-state index in [2.05, 4.69) is 5.32 Å². The Balaban J connectivity index is 1.69. The van der Waals surface area contributed by atoms with E-state index in [1.165, 1.54) is 19.3 Å². The van der Waals surface area contributed by atoms with E-state index in [9.17, 15) is 4.79 Å². The molecule has 6 heteroatoms. The standard InChI is InChI=1S/C22H26Cl2N2O2/c23-17-10-6-11-18(24)22(17)26-19-12-5-4-9-16(19)13-21(27)28-20(14-25)15-7-2-1-3-8-15/h4-6,9-12,15,20,26H,1-3,7-8,13-14,25H2. The Labute approximate surface area is 176 Å². The van der Waals surface area contributed by atoms with Gasteiger partial charge in [0, 0.05) is 12.2 Å². The van der Waals surface area contributed by atoms with E-state index < -0.39 is 0 Å². The number of halogens is 2. The normalized spacial score (nSPS) is 15.8. The van der Waals surface area contributed by atoms with Crippen molar-refractivity contribution in [3.05, 3.63) is 58.1 Å². The first-order valence-electron chi connectivity index (χ1n) is 9.77. The van der Waals surface area contributed by atoms with Gasteiger partial charge >= 0.3 is 5.97 Å². The van der Waals surface area contributed by atoms with Crippen LogP contribution in [-0.2, 0) is 16.0 Å². The zero-order valence-electron chi connectivity index (χ0n) is 15.8. The van der Waals surface area contributed by atoms with Crippen molar-refractivity contribution in [2.45, 2.75) is 44.6 Å². The lowest BCUT2D eigenvalue weighted by atomic mass is 9.85. The minimum absolute atomic E-state index is 0.161. The van der Waals surface area contributed by atoms with Gasteiger partial charge in [0.1, 0.15) is 6.10 Å². The summed E-state index contributed by atoms with van der Waals surface area (Å²) in [6.07, 6.45) is 5.75. The highest BCUT2D eigenvalue weighted by molar-refractivity contribution is 6.39. The van der Waals surface area contributed by atoms with Gasteiger partial charge < -0.3 is 15.8 Å². The Kier molecular flexibility index (Phi) is 7.60. The van der Waals surface area contributed by atoms with Gasteiger partial charge in [0.05, 0.1) is 22.2 Å². The fourth-order valence-corrected chi connectivity index (χ4v) is 4.25. The van der Waals surface area contributed by atoms with Crippen LogP contribution >= 0.6 is 23.2 Å². The second-order valence-electron chi connectivity index (χ2n) is 7.22. The second kappa shape index (κ2) is 10.1. The predicted octanol–water partition coefficient (Wildman–Crippen LogP) is 5.73. The van der Waals surface area contributed by atoms with E-state index >= 15 is 0 Å². The summed E-state index contributed by atoms with van der Waals surface area (Å²) in [6, 6.07) is 12.9. The summed E-state index contributed by atoms with van der Waals surface area (Å²) in [4.78, 5) is 12.6. The lowest BCUT2D eigenvalue weighted by Crippen LogP contribution is -2.35. The van der Waals surface area contributed by atoms with Crippen LogP contribution in [0.4, 0.5) is 11.4 Å². The molecule has 0 amide bonds. The summed E-state index contributed by atoms with van der Waals surface area (Å²) in [5, 5.41) is 4.29. The van der Waals surface area contributed by atoms with Crippen LogP contribution in [0, 0.1) is 5.92 Å². The predicted molar refractivity (Wildman–Crippen MR) is 115 cm³/mol. The quantitative estimate of drug-likeness (QED) is 0.561. The second-order valence-corrected chi connectivity index (χ2v) is 8.03. The number of esters is 1. The highest BCUT2D eigenvalue weighted by Crippen LogP contribution is 2.34. The highest BCUT2D eigenvalue weighted by atomic mass is 35.5. The van der Waals surface area contributed by atoms with Gasteiger partial charge in [0.2, 0.25) is 0 Å². The summed E-state index contributed by atoms with van der Waals surface area (Å²) in [7, 11) is 0. The molecular formula is C22H26Cl2N2O2. The van der Waals surface area contributed by atoms with Crippen molar-refractivity contribution < 1.29 is 9.53 Å². The molecule has 0 bridgehead atoms. The van der Waals surface area contributed by atoms with E-state index in [-0.39, 0.29) is 18.5 Å². The minimum Gasteiger partial charge on any atom is -0.460 e. The molecule has 0 aliphatic heterocycles. The first kappa shape index (κ1) is 21.0. The van der Waals surface area contributed by atoms with Crippen molar-refractivity contribution in [2.24, 2.45) is 11.7 Å². The number of nitrogens with one attached hydrogen (secondary N) is 1. The molecule has 0 saturated heterocycles. The zero-order chi connectivity index (χ0) is 19.9. The molecule has 0 radical (unpaired) electrons. The average molecular weight is 421 g/mol. The van der Waals surface area contributed by atoms with Crippen LogP contribution in [0.1, 0.15) is 37.7 Å². The molecule has 2 aromatic rings. The molecule has 1 unspecified atom stereocenters. The number of rotatable bonds is 7. The first-order chi connectivity index (χ1) is 13.6. The number of hydrogen-bond acceptors (Lipinski definition) is 4. The number of nitrogens with two attached hydrogens (primary N) is 1. The van der Waals surface area contributed by atoms with Crippen LogP contribution in [0.25, 0.3) is 0 Å². The van der Waals surface area contributed by atoms with Gasteiger partial charge in [0.25, 0.3) is 0 Å². The van der Waals surface area contributed by atoms with Gasteiger partial charge in [0.15, 0.2) is 0 Å². The number of carbonyl (C=O) groups is 1. The van der Waals surface area contributed by atoms with Gasteiger partial charge in [-0.3, -0.25) is 4.79 Å². The first-order valence-corrected chi connectivity index (χ1v) is 10.5. The van der Waals surface area contributed by atoms with Crippen molar-refractivity contribution in [3.8, 4) is 0 Å². The molecule has 2 aromatic carbocycles. The number of hydrogen-bond donors (Lipinski definition) is 2. The molecule has 1 atom stereocenters. The molecule has 3 N–H and O–H groups in total. The Hall–Kier alpha value is -1.75. The highest BCUT2D eigenvalue weighted by Gasteiger charge is 2.26. The summed E-state index contributed by atoms with van der Waals surface area (Å²) in [5.41, 5.74) is 8.11. The molecule has 0 aromatic heterocycles. The molecule has 150 valence electrons. The Morgan fingerprint density at radius 3 is 2.43 bits per heavy atom. The number of carbonyl (C=O) groups excluding carboxylic acids is 1. The third kappa shape index (κ3) is 5.40. The fraction of sp³-hybridized carbons (Fsp3) is 0.409. The van der Waals surface area contributed by atoms with Crippen molar-refractivity contribution in [2.75, 3.05) is 11.9 Å². The van der Waals surface area contributed by atoms with Crippen LogP contribution in [-0.4, -0.2) is 18.6 Å². The fourth-order valence-electron chi connectivity index (χ4n) is 3.76. The monoisotopic (exact) mass is 420 g/mol. The van der Waals surface area contributed by atoms with Gasteiger partial charge in [-0.2, -0.15) is 0 Å². The summed E-state index contributed by atoms with van der Waals surface area (Å²) >= 11 is 12.5. The lowest BCUT2D eigenvalue weighted by molar-refractivity contribution is -0.151. The topological polar surface area (TPSA) is 64.3 Å². The number of ether oxygens (including phenoxy) is 1. The number of benzene rings is 2. The minimum atomic E-state index is -0.263. The molecular weight excluding hydrogens is 395 g/mol. The molecule has 4 nitrogen and oxygen atoms in total. The molecule has 0 heterocycles. The maximum absolute atomic E-state index is 12.6. The molecule has 1 aliphatic rings. The largest absolute Gasteiger partial charge is 0.460 e.